The summed E-state index contributed by atoms with van der Waals surface area (Å²) in [5.41, 5.74) is 13.8. The molecule has 132 valence electrons. The van der Waals surface area contributed by atoms with Crippen molar-refractivity contribution in [1.29, 1.82) is 0 Å². The number of morpholine rings is 1. The predicted octanol–water partition coefficient (Wildman–Crippen LogP) is 1.35. The number of benzene rings is 1. The Kier molecular flexibility index (Phi) is 5.40. The lowest BCUT2D eigenvalue weighted by Crippen LogP contribution is -2.48. The van der Waals surface area contributed by atoms with Gasteiger partial charge < -0.3 is 21.1 Å². The SMILES string of the molecule is Cc1ccccc1CSc1nc(N)cc(N2CCOC(C(N)=O)C2)n1. The maximum atomic E-state index is 11.4. The van der Waals surface area contributed by atoms with Crippen LogP contribution in [0.25, 0.3) is 0 Å². The maximum absolute atomic E-state index is 11.4. The number of amides is 1. The molecule has 1 saturated heterocycles. The van der Waals surface area contributed by atoms with Gasteiger partial charge in [0.2, 0.25) is 5.91 Å². The Hall–Kier alpha value is -2.32. The minimum absolute atomic E-state index is 0.369. The van der Waals surface area contributed by atoms with Gasteiger partial charge in [0, 0.05) is 18.4 Å². The van der Waals surface area contributed by atoms with Gasteiger partial charge in [0.05, 0.1) is 13.2 Å². The fraction of sp³-hybridized carbons (Fsp3) is 0.353. The van der Waals surface area contributed by atoms with Crippen molar-refractivity contribution < 1.29 is 9.53 Å². The molecule has 1 aliphatic rings. The molecule has 0 aliphatic carbocycles. The van der Waals surface area contributed by atoms with Gasteiger partial charge >= 0.3 is 0 Å². The number of nitrogens with zero attached hydrogens (tertiary/aromatic N) is 3. The van der Waals surface area contributed by atoms with E-state index in [1.54, 1.807) is 6.07 Å². The van der Waals surface area contributed by atoms with E-state index in [0.717, 1.165) is 5.75 Å². The highest BCUT2D eigenvalue weighted by atomic mass is 32.2. The average molecular weight is 359 g/mol. The van der Waals surface area contributed by atoms with Crippen LogP contribution in [0, 0.1) is 6.92 Å². The standard InChI is InChI=1S/C17H21N5O2S/c1-11-4-2-3-5-12(11)10-25-17-20-14(18)8-15(21-17)22-6-7-24-13(9-22)16(19)23/h2-5,8,13H,6-7,9-10H2,1H3,(H2,19,23)(H2,18,20,21). The summed E-state index contributed by atoms with van der Waals surface area (Å²) in [6.45, 7) is 3.50. The number of aryl methyl sites for hydroxylation is 1. The zero-order valence-electron chi connectivity index (χ0n) is 14.0. The maximum Gasteiger partial charge on any atom is 0.248 e. The van der Waals surface area contributed by atoms with Crippen LogP contribution in [0.5, 0.6) is 0 Å². The van der Waals surface area contributed by atoms with Crippen LogP contribution in [0.1, 0.15) is 11.1 Å². The summed E-state index contributed by atoms with van der Waals surface area (Å²) in [6, 6.07) is 9.92. The van der Waals surface area contributed by atoms with Crippen LogP contribution in [0.4, 0.5) is 11.6 Å². The zero-order chi connectivity index (χ0) is 17.8. The fourth-order valence-corrected chi connectivity index (χ4v) is 3.54. The second kappa shape index (κ2) is 7.71. The number of rotatable bonds is 5. The number of primary amides is 1. The first-order valence-corrected chi connectivity index (χ1v) is 8.99. The Morgan fingerprint density at radius 2 is 2.20 bits per heavy atom. The van der Waals surface area contributed by atoms with E-state index in [-0.39, 0.29) is 0 Å². The van der Waals surface area contributed by atoms with Crippen molar-refractivity contribution in [2.24, 2.45) is 5.73 Å². The number of nitrogens with two attached hydrogens (primary N) is 2. The number of anilines is 2. The van der Waals surface area contributed by atoms with Crippen LogP contribution >= 0.6 is 11.8 Å². The van der Waals surface area contributed by atoms with E-state index in [0.29, 0.717) is 36.5 Å². The number of carbonyl (C=O) groups is 1. The number of nitrogen functional groups attached to an aromatic ring is 1. The van der Waals surface area contributed by atoms with Gasteiger partial charge in [-0.1, -0.05) is 36.0 Å². The molecule has 1 fully saturated rings. The van der Waals surface area contributed by atoms with Crippen molar-refractivity contribution >= 4 is 29.3 Å². The summed E-state index contributed by atoms with van der Waals surface area (Å²) in [6.07, 6.45) is -0.631. The van der Waals surface area contributed by atoms with Crippen molar-refractivity contribution in [2.45, 2.75) is 23.9 Å². The third-order valence-corrected chi connectivity index (χ3v) is 4.93. The molecule has 1 aromatic carbocycles. The molecule has 4 N–H and O–H groups in total. The summed E-state index contributed by atoms with van der Waals surface area (Å²) in [4.78, 5) is 22.2. The minimum Gasteiger partial charge on any atom is -0.383 e. The Balaban J connectivity index is 1.74. The van der Waals surface area contributed by atoms with Crippen LogP contribution in [0.15, 0.2) is 35.5 Å². The smallest absolute Gasteiger partial charge is 0.248 e. The lowest BCUT2D eigenvalue weighted by atomic mass is 10.1. The number of thioether (sulfide) groups is 1. The van der Waals surface area contributed by atoms with Gasteiger partial charge in [0.1, 0.15) is 11.6 Å². The summed E-state index contributed by atoms with van der Waals surface area (Å²) in [7, 11) is 0. The number of ether oxygens (including phenoxy) is 1. The van der Waals surface area contributed by atoms with E-state index < -0.39 is 12.0 Å². The molecule has 2 aromatic rings. The van der Waals surface area contributed by atoms with Gasteiger partial charge in [-0.25, -0.2) is 9.97 Å². The van der Waals surface area contributed by atoms with Crippen LogP contribution in [0.3, 0.4) is 0 Å². The van der Waals surface area contributed by atoms with Gasteiger partial charge in [-0.3, -0.25) is 4.79 Å². The summed E-state index contributed by atoms with van der Waals surface area (Å²) < 4.78 is 5.37. The predicted molar refractivity (Wildman–Crippen MR) is 98.3 cm³/mol. The highest BCUT2D eigenvalue weighted by Crippen LogP contribution is 2.25. The molecular weight excluding hydrogens is 338 g/mol. The Labute approximate surface area is 150 Å². The summed E-state index contributed by atoms with van der Waals surface area (Å²) >= 11 is 1.54. The van der Waals surface area contributed by atoms with E-state index in [4.69, 9.17) is 16.2 Å². The molecule has 7 nitrogen and oxygen atoms in total. The molecule has 1 aromatic heterocycles. The molecule has 25 heavy (non-hydrogen) atoms. The Morgan fingerprint density at radius 3 is 2.96 bits per heavy atom. The molecule has 3 rings (SSSR count). The van der Waals surface area contributed by atoms with Crippen LogP contribution in [-0.2, 0) is 15.3 Å². The second-order valence-corrected chi connectivity index (χ2v) is 6.80. The number of hydrogen-bond donors (Lipinski definition) is 2. The van der Waals surface area contributed by atoms with E-state index in [1.165, 1.54) is 22.9 Å². The number of aromatic nitrogens is 2. The quantitative estimate of drug-likeness (QED) is 0.613. The average Bonchev–Trinajstić information content (AvgIpc) is 2.61. The Bertz CT molecular complexity index is 770. The Morgan fingerprint density at radius 1 is 1.40 bits per heavy atom. The van der Waals surface area contributed by atoms with Crippen LogP contribution in [-0.4, -0.2) is 41.7 Å². The molecule has 0 bridgehead atoms. The van der Waals surface area contributed by atoms with Crippen molar-refractivity contribution in [3.8, 4) is 0 Å². The van der Waals surface area contributed by atoms with E-state index in [1.807, 2.05) is 17.0 Å². The fourth-order valence-electron chi connectivity index (χ4n) is 2.60. The van der Waals surface area contributed by atoms with Crippen molar-refractivity contribution in [1.82, 2.24) is 9.97 Å². The molecule has 0 radical (unpaired) electrons. The van der Waals surface area contributed by atoms with E-state index >= 15 is 0 Å². The van der Waals surface area contributed by atoms with Gasteiger partial charge in [0.15, 0.2) is 11.3 Å². The van der Waals surface area contributed by atoms with Crippen molar-refractivity contribution in [2.75, 3.05) is 30.3 Å². The number of hydrogen-bond acceptors (Lipinski definition) is 7. The third kappa shape index (κ3) is 4.40. The van der Waals surface area contributed by atoms with Gasteiger partial charge in [-0.15, -0.1) is 0 Å². The van der Waals surface area contributed by atoms with Crippen LogP contribution < -0.4 is 16.4 Å². The highest BCUT2D eigenvalue weighted by molar-refractivity contribution is 7.98. The number of carbonyl (C=O) groups excluding carboxylic acids is 1. The largest absolute Gasteiger partial charge is 0.383 e. The van der Waals surface area contributed by atoms with Gasteiger partial charge in [-0.05, 0) is 18.1 Å². The van der Waals surface area contributed by atoms with E-state index in [9.17, 15) is 4.79 Å². The van der Waals surface area contributed by atoms with E-state index in [2.05, 4.69) is 29.0 Å². The molecule has 1 aliphatic heterocycles. The van der Waals surface area contributed by atoms with Crippen molar-refractivity contribution in [3.05, 3.63) is 41.5 Å². The molecule has 1 unspecified atom stereocenters. The van der Waals surface area contributed by atoms with Gasteiger partial charge in [-0.2, -0.15) is 0 Å². The monoisotopic (exact) mass is 359 g/mol. The highest BCUT2D eigenvalue weighted by Gasteiger charge is 2.26. The zero-order valence-corrected chi connectivity index (χ0v) is 14.8. The molecule has 0 saturated carbocycles. The first-order valence-electron chi connectivity index (χ1n) is 8.00. The van der Waals surface area contributed by atoms with Gasteiger partial charge in [0.25, 0.3) is 0 Å². The molecule has 2 heterocycles. The lowest BCUT2D eigenvalue weighted by molar-refractivity contribution is -0.130. The first-order chi connectivity index (χ1) is 12.0. The second-order valence-electron chi connectivity index (χ2n) is 5.86. The topological polar surface area (TPSA) is 107 Å². The van der Waals surface area contributed by atoms with Crippen LogP contribution in [0.2, 0.25) is 0 Å². The van der Waals surface area contributed by atoms with Crippen molar-refractivity contribution in [3.63, 3.8) is 0 Å². The first kappa shape index (κ1) is 17.5. The molecule has 8 heteroatoms. The molecule has 0 spiro atoms. The minimum atomic E-state index is -0.631. The summed E-state index contributed by atoms with van der Waals surface area (Å²) in [5.74, 6) is 1.39. The molecular formula is C17H21N5O2S. The lowest BCUT2D eigenvalue weighted by Gasteiger charge is -2.32. The summed E-state index contributed by atoms with van der Waals surface area (Å²) in [5, 5.41) is 0.611. The molecule has 1 amide bonds. The third-order valence-electron chi connectivity index (χ3n) is 4.04. The normalized spacial score (nSPS) is 17.5. The molecule has 1 atom stereocenters.